The van der Waals surface area contributed by atoms with E-state index in [0.29, 0.717) is 6.54 Å². The van der Waals surface area contributed by atoms with E-state index in [-0.39, 0.29) is 17.2 Å². The number of thioether (sulfide) groups is 1. The summed E-state index contributed by atoms with van der Waals surface area (Å²) >= 11 is 1.65. The molecule has 0 bridgehead atoms. The predicted molar refractivity (Wildman–Crippen MR) is 83.8 cm³/mol. The Hall–Kier alpha value is -2.01. The molecule has 21 heavy (non-hydrogen) atoms. The van der Waals surface area contributed by atoms with Crippen molar-refractivity contribution in [2.75, 3.05) is 17.6 Å². The number of benzene rings is 2. The third kappa shape index (κ3) is 3.19. The van der Waals surface area contributed by atoms with Gasteiger partial charge in [0, 0.05) is 18.0 Å². The third-order valence-corrected chi connectivity index (χ3v) is 4.57. The minimum absolute atomic E-state index is 0.135. The van der Waals surface area contributed by atoms with Crippen molar-refractivity contribution < 1.29 is 9.18 Å². The van der Waals surface area contributed by atoms with Crippen LogP contribution in [0.4, 0.5) is 14.9 Å². The lowest BCUT2D eigenvalue weighted by atomic mass is 10.2. The van der Waals surface area contributed by atoms with E-state index in [4.69, 9.17) is 0 Å². The molecule has 0 saturated carbocycles. The highest BCUT2D eigenvalue weighted by molar-refractivity contribution is 7.99. The molecule has 1 heterocycles. The van der Waals surface area contributed by atoms with Crippen LogP contribution in [-0.2, 0) is 0 Å². The maximum atomic E-state index is 13.4. The molecule has 1 N–H and O–H groups in total. The van der Waals surface area contributed by atoms with Crippen LogP contribution in [0.2, 0.25) is 0 Å². The summed E-state index contributed by atoms with van der Waals surface area (Å²) in [6.07, 6.45) is 0. The lowest BCUT2D eigenvalue weighted by Crippen LogP contribution is -2.34. The van der Waals surface area contributed by atoms with Crippen LogP contribution in [0.15, 0.2) is 54.6 Å². The van der Waals surface area contributed by atoms with Crippen molar-refractivity contribution in [3.05, 3.63) is 66.0 Å². The highest BCUT2D eigenvalue weighted by Crippen LogP contribution is 2.38. The molecule has 0 aliphatic carbocycles. The molecule has 5 heteroatoms. The van der Waals surface area contributed by atoms with Gasteiger partial charge in [0.05, 0.1) is 0 Å². The molecule has 1 aliphatic heterocycles. The Morgan fingerprint density at radius 2 is 2.00 bits per heavy atom. The van der Waals surface area contributed by atoms with E-state index >= 15 is 0 Å². The molecule has 1 aliphatic rings. The van der Waals surface area contributed by atoms with Crippen LogP contribution < -0.4 is 5.32 Å². The van der Waals surface area contributed by atoms with Crippen LogP contribution in [0.25, 0.3) is 0 Å². The summed E-state index contributed by atoms with van der Waals surface area (Å²) in [4.78, 5) is 14.1. The monoisotopic (exact) mass is 302 g/mol. The molecule has 2 amide bonds. The first-order chi connectivity index (χ1) is 10.2. The Morgan fingerprint density at radius 1 is 1.19 bits per heavy atom. The van der Waals surface area contributed by atoms with Gasteiger partial charge >= 0.3 is 6.03 Å². The standard InChI is InChI=1S/C16H15FN2OS/c17-13-6-4-5-12(11-13)15-19(9-10-21-15)16(20)18-14-7-2-1-3-8-14/h1-8,11,15H,9-10H2,(H,18,20)/t15-/m0/s1. The van der Waals surface area contributed by atoms with Crippen LogP contribution >= 0.6 is 11.8 Å². The second kappa shape index (κ2) is 6.18. The van der Waals surface area contributed by atoms with Gasteiger partial charge in [0.2, 0.25) is 0 Å². The first kappa shape index (κ1) is 13.9. The van der Waals surface area contributed by atoms with Gasteiger partial charge < -0.3 is 10.2 Å². The summed E-state index contributed by atoms with van der Waals surface area (Å²) in [6, 6.07) is 15.6. The Bertz CT molecular complexity index is 635. The van der Waals surface area contributed by atoms with Crippen LogP contribution in [-0.4, -0.2) is 23.2 Å². The number of halogens is 1. The van der Waals surface area contributed by atoms with Gasteiger partial charge in [-0.1, -0.05) is 30.3 Å². The first-order valence-corrected chi connectivity index (χ1v) is 7.78. The van der Waals surface area contributed by atoms with E-state index in [2.05, 4.69) is 5.32 Å². The summed E-state index contributed by atoms with van der Waals surface area (Å²) in [5, 5.41) is 2.74. The van der Waals surface area contributed by atoms with Crippen molar-refractivity contribution in [3.63, 3.8) is 0 Å². The number of urea groups is 1. The highest BCUT2D eigenvalue weighted by Gasteiger charge is 2.30. The fourth-order valence-corrected chi connectivity index (χ4v) is 3.58. The molecule has 108 valence electrons. The Labute approximate surface area is 127 Å². The minimum atomic E-state index is -0.275. The molecule has 1 atom stereocenters. The van der Waals surface area contributed by atoms with E-state index in [1.165, 1.54) is 12.1 Å². The lowest BCUT2D eigenvalue weighted by Gasteiger charge is -2.24. The summed E-state index contributed by atoms with van der Waals surface area (Å²) in [5.41, 5.74) is 1.58. The number of anilines is 1. The van der Waals surface area contributed by atoms with Crippen LogP contribution in [0.5, 0.6) is 0 Å². The first-order valence-electron chi connectivity index (χ1n) is 6.74. The van der Waals surface area contributed by atoms with Gasteiger partial charge in [0.25, 0.3) is 0 Å². The number of nitrogens with one attached hydrogen (secondary N) is 1. The van der Waals surface area contributed by atoms with E-state index in [1.807, 2.05) is 36.4 Å². The van der Waals surface area contributed by atoms with E-state index < -0.39 is 0 Å². The predicted octanol–water partition coefficient (Wildman–Crippen LogP) is 4.11. The van der Waals surface area contributed by atoms with Gasteiger partial charge in [-0.2, -0.15) is 0 Å². The number of carbonyl (C=O) groups excluding carboxylic acids is 1. The zero-order valence-corrected chi connectivity index (χ0v) is 12.1. The molecule has 3 nitrogen and oxygen atoms in total. The van der Waals surface area contributed by atoms with Crippen LogP contribution in [0.1, 0.15) is 10.9 Å². The number of nitrogens with zero attached hydrogens (tertiary/aromatic N) is 1. The quantitative estimate of drug-likeness (QED) is 0.905. The topological polar surface area (TPSA) is 32.3 Å². The number of carbonyl (C=O) groups is 1. The zero-order valence-electron chi connectivity index (χ0n) is 11.3. The molecule has 3 rings (SSSR count). The fourth-order valence-electron chi connectivity index (χ4n) is 2.33. The molecule has 2 aromatic carbocycles. The summed E-state index contributed by atoms with van der Waals surface area (Å²) in [6.45, 7) is 0.657. The fraction of sp³-hybridized carbons (Fsp3) is 0.188. The number of amides is 2. The number of hydrogen-bond acceptors (Lipinski definition) is 2. The second-order valence-corrected chi connectivity index (χ2v) is 5.96. The maximum Gasteiger partial charge on any atom is 0.323 e. The van der Waals surface area contributed by atoms with Gasteiger partial charge in [0.1, 0.15) is 11.2 Å². The van der Waals surface area contributed by atoms with Gasteiger partial charge in [-0.05, 0) is 29.8 Å². The van der Waals surface area contributed by atoms with Gasteiger partial charge in [-0.15, -0.1) is 11.8 Å². The van der Waals surface area contributed by atoms with E-state index in [0.717, 1.165) is 17.0 Å². The third-order valence-electron chi connectivity index (χ3n) is 3.31. The number of hydrogen-bond donors (Lipinski definition) is 1. The maximum absolute atomic E-state index is 13.4. The van der Waals surface area contributed by atoms with E-state index in [1.54, 1.807) is 22.7 Å². The molecule has 0 aromatic heterocycles. The van der Waals surface area contributed by atoms with Crippen molar-refractivity contribution in [3.8, 4) is 0 Å². The summed E-state index contributed by atoms with van der Waals surface area (Å²) in [5.74, 6) is 0.576. The van der Waals surface area contributed by atoms with Crippen molar-refractivity contribution in [2.45, 2.75) is 5.37 Å². The molecule has 0 spiro atoms. The molecular weight excluding hydrogens is 287 g/mol. The molecule has 1 fully saturated rings. The Balaban J connectivity index is 1.76. The summed E-state index contributed by atoms with van der Waals surface area (Å²) in [7, 11) is 0. The Morgan fingerprint density at radius 3 is 2.76 bits per heavy atom. The average molecular weight is 302 g/mol. The molecule has 0 unspecified atom stereocenters. The largest absolute Gasteiger partial charge is 0.323 e. The number of rotatable bonds is 2. The SMILES string of the molecule is O=C(Nc1ccccc1)N1CCS[C@H]1c1cccc(F)c1. The molecule has 1 saturated heterocycles. The normalized spacial score (nSPS) is 17.8. The smallest absolute Gasteiger partial charge is 0.308 e. The van der Waals surface area contributed by atoms with Crippen molar-refractivity contribution >= 4 is 23.5 Å². The van der Waals surface area contributed by atoms with Crippen LogP contribution in [0, 0.1) is 5.82 Å². The van der Waals surface area contributed by atoms with Crippen molar-refractivity contribution in [1.82, 2.24) is 4.90 Å². The van der Waals surface area contributed by atoms with Gasteiger partial charge in [-0.25, -0.2) is 9.18 Å². The average Bonchev–Trinajstić information content (AvgIpc) is 2.98. The molecule has 2 aromatic rings. The minimum Gasteiger partial charge on any atom is -0.308 e. The second-order valence-electron chi connectivity index (χ2n) is 4.77. The summed E-state index contributed by atoms with van der Waals surface area (Å²) < 4.78 is 13.4. The number of para-hydroxylation sites is 1. The van der Waals surface area contributed by atoms with Crippen molar-refractivity contribution in [2.24, 2.45) is 0 Å². The zero-order chi connectivity index (χ0) is 14.7. The van der Waals surface area contributed by atoms with Crippen molar-refractivity contribution in [1.29, 1.82) is 0 Å². The lowest BCUT2D eigenvalue weighted by molar-refractivity contribution is 0.214. The van der Waals surface area contributed by atoms with Gasteiger partial charge in [-0.3, -0.25) is 0 Å². The van der Waals surface area contributed by atoms with E-state index in [9.17, 15) is 9.18 Å². The molecular formula is C16H15FN2OS. The highest BCUT2D eigenvalue weighted by atomic mass is 32.2. The molecule has 0 radical (unpaired) electrons. The van der Waals surface area contributed by atoms with Gasteiger partial charge in [0.15, 0.2) is 0 Å². The Kier molecular flexibility index (Phi) is 4.10. The van der Waals surface area contributed by atoms with Crippen LogP contribution in [0.3, 0.4) is 0 Å².